The van der Waals surface area contributed by atoms with Crippen LogP contribution in [-0.4, -0.2) is 21.5 Å². The van der Waals surface area contributed by atoms with E-state index in [9.17, 15) is 14.9 Å². The number of para-hydroxylation sites is 3. The van der Waals surface area contributed by atoms with Crippen molar-refractivity contribution in [2.45, 2.75) is 11.9 Å². The van der Waals surface area contributed by atoms with Gasteiger partial charge in [-0.2, -0.15) is 10.2 Å². The van der Waals surface area contributed by atoms with E-state index in [2.05, 4.69) is 0 Å². The predicted octanol–water partition coefficient (Wildman–Crippen LogP) is 6.13. The number of benzene rings is 4. The van der Waals surface area contributed by atoms with E-state index in [-0.39, 0.29) is 22.2 Å². The van der Waals surface area contributed by atoms with Crippen molar-refractivity contribution in [3.63, 3.8) is 0 Å². The number of nitrogens with zero attached hydrogens (tertiary/aromatic N) is 5. The second-order valence-electron chi connectivity index (χ2n) is 8.74. The summed E-state index contributed by atoms with van der Waals surface area (Å²) in [6, 6.07) is 33.7. The summed E-state index contributed by atoms with van der Waals surface area (Å²) in [6.07, 6.45) is 0. The molecule has 0 saturated carbocycles. The Bertz CT molecular complexity index is 1620. The predicted molar refractivity (Wildman–Crippen MR) is 150 cm³/mol. The van der Waals surface area contributed by atoms with Crippen LogP contribution in [0.4, 0.5) is 17.1 Å². The number of nitro groups is 1. The zero-order chi connectivity index (χ0) is 26.3. The fraction of sp³-hybridized carbons (Fsp3) is 0.0690. The van der Waals surface area contributed by atoms with Gasteiger partial charge in [0, 0.05) is 29.7 Å². The van der Waals surface area contributed by atoms with Gasteiger partial charge in [0.05, 0.1) is 16.3 Å². The molecule has 0 unspecified atom stereocenters. The number of nitro benzene ring substituents is 1. The van der Waals surface area contributed by atoms with Crippen molar-refractivity contribution in [2.75, 3.05) is 10.0 Å². The molecule has 4 aromatic rings. The molecule has 2 heterocycles. The van der Waals surface area contributed by atoms with E-state index in [4.69, 9.17) is 10.2 Å². The fourth-order valence-electron chi connectivity index (χ4n) is 4.74. The molecule has 0 fully saturated rings. The summed E-state index contributed by atoms with van der Waals surface area (Å²) >= 11 is 1.23. The Morgan fingerprint density at radius 2 is 1.45 bits per heavy atom. The Balaban J connectivity index is 1.70. The molecule has 0 bridgehead atoms. The number of fused-ring (bicyclic) bond motifs is 2. The van der Waals surface area contributed by atoms with Gasteiger partial charge in [-0.3, -0.25) is 14.9 Å². The molecule has 8 nitrogen and oxygen atoms in total. The number of ketones is 1. The highest BCUT2D eigenvalue weighted by molar-refractivity contribution is 8.17. The molecule has 2 aliphatic heterocycles. The van der Waals surface area contributed by atoms with Gasteiger partial charge in [0.1, 0.15) is 5.69 Å². The molecule has 4 aromatic carbocycles. The molecule has 0 amide bonds. The lowest BCUT2D eigenvalue weighted by atomic mass is 9.93. The van der Waals surface area contributed by atoms with Crippen molar-refractivity contribution in [3.05, 3.63) is 136 Å². The van der Waals surface area contributed by atoms with Crippen molar-refractivity contribution >= 4 is 45.4 Å². The first kappa shape index (κ1) is 23.6. The highest BCUT2D eigenvalue weighted by atomic mass is 32.2. The molecule has 186 valence electrons. The van der Waals surface area contributed by atoms with Crippen LogP contribution >= 0.6 is 11.8 Å². The molecule has 0 aromatic heterocycles. The van der Waals surface area contributed by atoms with Gasteiger partial charge in [0.2, 0.25) is 4.99 Å². The maximum Gasteiger partial charge on any atom is 0.294 e. The van der Waals surface area contributed by atoms with Gasteiger partial charge in [0.25, 0.3) is 5.69 Å². The van der Waals surface area contributed by atoms with Gasteiger partial charge in [-0.15, -0.1) is 0 Å². The number of carbonyl (C=O) groups is 1. The lowest BCUT2D eigenvalue weighted by Gasteiger charge is -2.46. The molecule has 0 saturated heterocycles. The second kappa shape index (κ2) is 9.28. The Hall–Kier alpha value is -4.76. The van der Waals surface area contributed by atoms with E-state index in [1.54, 1.807) is 23.2 Å². The van der Waals surface area contributed by atoms with E-state index < -0.39 is 9.92 Å². The molecule has 2 aliphatic rings. The molecule has 1 spiro atoms. The van der Waals surface area contributed by atoms with E-state index >= 15 is 0 Å². The Morgan fingerprint density at radius 3 is 2.16 bits per heavy atom. The van der Waals surface area contributed by atoms with Crippen molar-refractivity contribution < 1.29 is 9.72 Å². The van der Waals surface area contributed by atoms with Crippen LogP contribution in [0.5, 0.6) is 0 Å². The average molecular weight is 520 g/mol. The zero-order valence-electron chi connectivity index (χ0n) is 20.3. The number of rotatable bonds is 5. The standard InChI is InChI=1S/C29H21N5O3S/c1-20(35)28-31-33(25-18-10-11-19-26(25)34(36)37)29(38-28)24-17-9-8-16-23(24)27(21-12-4-2-5-13-21)30-32(29)22-14-6-3-7-15-22/h2-19H,1H3/t29-/m0/s1. The van der Waals surface area contributed by atoms with E-state index in [0.29, 0.717) is 0 Å². The van der Waals surface area contributed by atoms with Gasteiger partial charge >= 0.3 is 0 Å². The lowest BCUT2D eigenvalue weighted by molar-refractivity contribution is -0.384. The van der Waals surface area contributed by atoms with E-state index in [1.807, 2.05) is 89.9 Å². The van der Waals surface area contributed by atoms with E-state index in [1.165, 1.54) is 24.8 Å². The SMILES string of the molecule is CC(=O)C1=NN(c2ccccc2[N+](=O)[O-])[C@]2(S1)c1ccccc1C(c1ccccc1)=NN2c1ccccc1. The lowest BCUT2D eigenvalue weighted by Crippen LogP contribution is -2.54. The number of carbonyl (C=O) groups excluding carboxylic acids is 1. The Morgan fingerprint density at radius 1 is 0.816 bits per heavy atom. The van der Waals surface area contributed by atoms with Gasteiger partial charge in [-0.05, 0) is 30.0 Å². The number of hydrogen-bond donors (Lipinski definition) is 0. The molecular weight excluding hydrogens is 498 g/mol. The van der Waals surface area contributed by atoms with Crippen molar-refractivity contribution in [1.29, 1.82) is 0 Å². The summed E-state index contributed by atoms with van der Waals surface area (Å²) in [4.78, 5) is 23.2. The van der Waals surface area contributed by atoms with Crippen LogP contribution in [0.3, 0.4) is 0 Å². The summed E-state index contributed by atoms with van der Waals surface area (Å²) < 4.78 is 0. The maximum absolute atomic E-state index is 12.7. The minimum atomic E-state index is -1.25. The fourth-order valence-corrected chi connectivity index (χ4v) is 6.02. The minimum Gasteiger partial charge on any atom is -0.292 e. The van der Waals surface area contributed by atoms with Crippen molar-refractivity contribution in [1.82, 2.24) is 0 Å². The summed E-state index contributed by atoms with van der Waals surface area (Å²) in [5.74, 6) is -0.237. The second-order valence-corrected chi connectivity index (χ2v) is 9.90. The molecule has 0 aliphatic carbocycles. The van der Waals surface area contributed by atoms with Crippen LogP contribution in [0.25, 0.3) is 0 Å². The maximum atomic E-state index is 12.7. The van der Waals surface area contributed by atoms with Gasteiger partial charge < -0.3 is 0 Å². The summed E-state index contributed by atoms with van der Waals surface area (Å²) in [6.45, 7) is 1.45. The largest absolute Gasteiger partial charge is 0.294 e. The number of thioether (sulfide) groups is 1. The zero-order valence-corrected chi connectivity index (χ0v) is 21.1. The van der Waals surface area contributed by atoms with Crippen molar-refractivity contribution in [3.8, 4) is 0 Å². The molecule has 1 atom stereocenters. The van der Waals surface area contributed by atoms with Gasteiger partial charge in [-0.25, -0.2) is 10.0 Å². The van der Waals surface area contributed by atoms with Crippen LogP contribution < -0.4 is 10.0 Å². The van der Waals surface area contributed by atoms with Gasteiger partial charge in [-0.1, -0.05) is 84.9 Å². The summed E-state index contributed by atoms with van der Waals surface area (Å²) in [7, 11) is 0. The molecule has 0 radical (unpaired) electrons. The number of anilines is 2. The number of hydrazone groups is 2. The van der Waals surface area contributed by atoms with E-state index in [0.717, 1.165) is 28.1 Å². The third-order valence-electron chi connectivity index (χ3n) is 6.39. The number of hydrogen-bond acceptors (Lipinski definition) is 8. The van der Waals surface area contributed by atoms with Crippen LogP contribution in [0.15, 0.2) is 119 Å². The summed E-state index contributed by atoms with van der Waals surface area (Å²) in [5.41, 5.74) is 4.20. The smallest absolute Gasteiger partial charge is 0.292 e. The average Bonchev–Trinajstić information content (AvgIpc) is 3.35. The molecule has 0 N–H and O–H groups in total. The highest BCUT2D eigenvalue weighted by Gasteiger charge is 2.56. The first-order valence-electron chi connectivity index (χ1n) is 11.9. The summed E-state index contributed by atoms with van der Waals surface area (Å²) in [5, 5.41) is 25.6. The highest BCUT2D eigenvalue weighted by Crippen LogP contribution is 2.56. The van der Waals surface area contributed by atoms with Crippen LogP contribution in [0.1, 0.15) is 23.6 Å². The van der Waals surface area contributed by atoms with Crippen molar-refractivity contribution in [2.24, 2.45) is 10.2 Å². The first-order valence-corrected chi connectivity index (χ1v) is 12.7. The Kier molecular flexibility index (Phi) is 5.77. The molecular formula is C29H21N5O3S. The molecule has 6 rings (SSSR count). The van der Waals surface area contributed by atoms with Gasteiger partial charge in [0.15, 0.2) is 10.8 Å². The van der Waals surface area contributed by atoms with Crippen LogP contribution in [0, 0.1) is 10.1 Å². The molecule has 38 heavy (non-hydrogen) atoms. The third kappa shape index (κ3) is 3.67. The normalized spacial score (nSPS) is 18.1. The van der Waals surface area contributed by atoms with Crippen LogP contribution in [0.2, 0.25) is 0 Å². The Labute approximate surface area is 223 Å². The number of Topliss-reactive ketones (excluding diaryl/α,β-unsaturated/α-hetero) is 1. The van der Waals surface area contributed by atoms with Crippen LogP contribution in [-0.2, 0) is 9.79 Å². The topological polar surface area (TPSA) is 91.4 Å². The minimum absolute atomic E-state index is 0.121. The molecule has 9 heteroatoms. The quantitative estimate of drug-likeness (QED) is 0.233. The first-order chi connectivity index (χ1) is 18.5. The third-order valence-corrected chi connectivity index (χ3v) is 7.81. The monoisotopic (exact) mass is 519 g/mol.